The molecule has 0 saturated heterocycles. The maximum absolute atomic E-state index is 13.2. The van der Waals surface area contributed by atoms with E-state index in [1.807, 2.05) is 54.6 Å². The number of halogens is 1. The molecular formula is C33H41BrO2. The first-order chi connectivity index (χ1) is 17.8. The third kappa shape index (κ3) is 8.62. The molecule has 2 nitrogen and oxygen atoms in total. The van der Waals surface area contributed by atoms with Gasteiger partial charge in [0.05, 0.1) is 18.4 Å². The summed E-state index contributed by atoms with van der Waals surface area (Å²) in [6.07, 6.45) is 12.9. The molecule has 3 aromatic rings. The number of hydrogen-bond donors (Lipinski definition) is 0. The summed E-state index contributed by atoms with van der Waals surface area (Å²) in [7, 11) is 0. The highest BCUT2D eigenvalue weighted by Gasteiger charge is 2.39. The van der Waals surface area contributed by atoms with Gasteiger partial charge in [-0.25, -0.2) is 0 Å². The fourth-order valence-electron chi connectivity index (χ4n) is 5.04. The minimum atomic E-state index is -0.588. The van der Waals surface area contributed by atoms with E-state index in [1.54, 1.807) is 0 Å². The Hall–Kier alpha value is -2.39. The molecule has 0 heterocycles. The van der Waals surface area contributed by atoms with E-state index in [0.717, 1.165) is 34.9 Å². The first-order valence-corrected chi connectivity index (χ1v) is 14.8. The molecule has 3 rings (SSSR count). The Labute approximate surface area is 226 Å². The van der Waals surface area contributed by atoms with Gasteiger partial charge in [0.15, 0.2) is 0 Å². The molecule has 0 amide bonds. The van der Waals surface area contributed by atoms with Crippen molar-refractivity contribution >= 4 is 21.9 Å². The van der Waals surface area contributed by atoms with Crippen molar-refractivity contribution in [1.82, 2.24) is 0 Å². The van der Waals surface area contributed by atoms with Gasteiger partial charge >= 0.3 is 5.97 Å². The van der Waals surface area contributed by atoms with Crippen LogP contribution in [0.25, 0.3) is 0 Å². The van der Waals surface area contributed by atoms with Gasteiger partial charge in [-0.15, -0.1) is 0 Å². The summed E-state index contributed by atoms with van der Waals surface area (Å²) < 4.78 is 5.80. The molecule has 0 aliphatic carbocycles. The normalized spacial score (nSPS) is 11.4. The Morgan fingerprint density at radius 3 is 1.31 bits per heavy atom. The van der Waals surface area contributed by atoms with Gasteiger partial charge in [-0.2, -0.15) is 0 Å². The summed E-state index contributed by atoms with van der Waals surface area (Å²) in [5.74, 6) is -0.143. The molecule has 3 aromatic carbocycles. The van der Waals surface area contributed by atoms with Crippen LogP contribution in [0.1, 0.15) is 87.3 Å². The number of carbonyl (C=O) groups is 1. The van der Waals surface area contributed by atoms with Crippen LogP contribution in [0.3, 0.4) is 0 Å². The zero-order chi connectivity index (χ0) is 25.3. The second-order valence-electron chi connectivity index (χ2n) is 9.63. The molecule has 192 valence electrons. The molecule has 0 unspecified atom stereocenters. The van der Waals surface area contributed by atoms with Crippen LogP contribution in [0.2, 0.25) is 0 Å². The van der Waals surface area contributed by atoms with Crippen molar-refractivity contribution in [3.05, 3.63) is 108 Å². The van der Waals surface area contributed by atoms with Crippen LogP contribution in [-0.4, -0.2) is 17.9 Å². The van der Waals surface area contributed by atoms with Gasteiger partial charge in [0.2, 0.25) is 0 Å². The molecule has 0 spiro atoms. The zero-order valence-electron chi connectivity index (χ0n) is 21.5. The summed E-state index contributed by atoms with van der Waals surface area (Å²) >= 11 is 3.50. The third-order valence-corrected chi connectivity index (χ3v) is 7.56. The lowest BCUT2D eigenvalue weighted by Crippen LogP contribution is -2.33. The summed E-state index contributed by atoms with van der Waals surface area (Å²) in [5.41, 5.74) is 2.72. The second kappa shape index (κ2) is 16.4. The van der Waals surface area contributed by atoms with Gasteiger partial charge in [-0.3, -0.25) is 4.79 Å². The van der Waals surface area contributed by atoms with Crippen LogP contribution < -0.4 is 0 Å². The topological polar surface area (TPSA) is 26.3 Å². The quantitative estimate of drug-likeness (QED) is 0.0726. The fourth-order valence-corrected chi connectivity index (χ4v) is 5.44. The lowest BCUT2D eigenvalue weighted by atomic mass is 9.67. The fraction of sp³-hybridized carbons (Fsp3) is 0.424. The highest BCUT2D eigenvalue weighted by molar-refractivity contribution is 9.09. The molecule has 36 heavy (non-hydrogen) atoms. The first-order valence-electron chi connectivity index (χ1n) is 13.7. The maximum atomic E-state index is 13.2. The Bertz CT molecular complexity index is 876. The molecule has 0 aromatic heterocycles. The van der Waals surface area contributed by atoms with Crippen LogP contribution in [0.4, 0.5) is 0 Å². The summed E-state index contributed by atoms with van der Waals surface area (Å²) in [6.45, 7) is 0.500. The average molecular weight is 550 g/mol. The molecule has 0 atom stereocenters. The SMILES string of the molecule is O=C(CC(c1ccccc1)(c1ccccc1)c1ccccc1)OCCCCCCCCCCCCBr. The van der Waals surface area contributed by atoms with Crippen LogP contribution in [0.5, 0.6) is 0 Å². The smallest absolute Gasteiger partial charge is 0.307 e. The Morgan fingerprint density at radius 2 is 0.917 bits per heavy atom. The Kier molecular flexibility index (Phi) is 12.8. The molecule has 0 N–H and O–H groups in total. The van der Waals surface area contributed by atoms with E-state index >= 15 is 0 Å². The number of carbonyl (C=O) groups excluding carboxylic acids is 1. The Morgan fingerprint density at radius 1 is 0.556 bits per heavy atom. The molecule has 0 radical (unpaired) electrons. The van der Waals surface area contributed by atoms with Crippen LogP contribution >= 0.6 is 15.9 Å². The van der Waals surface area contributed by atoms with Crippen LogP contribution in [-0.2, 0) is 14.9 Å². The van der Waals surface area contributed by atoms with Crippen molar-refractivity contribution in [2.75, 3.05) is 11.9 Å². The van der Waals surface area contributed by atoms with E-state index < -0.39 is 5.41 Å². The average Bonchev–Trinajstić information content (AvgIpc) is 2.94. The number of hydrogen-bond acceptors (Lipinski definition) is 2. The molecule has 3 heteroatoms. The van der Waals surface area contributed by atoms with Gasteiger partial charge in [0, 0.05) is 5.33 Å². The highest BCUT2D eigenvalue weighted by atomic mass is 79.9. The van der Waals surface area contributed by atoms with Crippen molar-refractivity contribution in [3.63, 3.8) is 0 Å². The maximum Gasteiger partial charge on any atom is 0.307 e. The molecule has 0 aliphatic heterocycles. The van der Waals surface area contributed by atoms with Gasteiger partial charge in [0.25, 0.3) is 0 Å². The van der Waals surface area contributed by atoms with Crippen molar-refractivity contribution in [3.8, 4) is 0 Å². The number of benzene rings is 3. The molecule has 0 saturated carbocycles. The number of rotatable bonds is 17. The molecule has 0 bridgehead atoms. The molecule has 0 fully saturated rings. The Balaban J connectivity index is 1.55. The summed E-state index contributed by atoms with van der Waals surface area (Å²) in [6, 6.07) is 31.1. The van der Waals surface area contributed by atoms with E-state index in [0.29, 0.717) is 6.61 Å². The van der Waals surface area contributed by atoms with Gasteiger partial charge in [-0.05, 0) is 29.5 Å². The number of esters is 1. The van der Waals surface area contributed by atoms with Gasteiger partial charge in [0.1, 0.15) is 0 Å². The lowest BCUT2D eigenvalue weighted by Gasteiger charge is -2.35. The largest absolute Gasteiger partial charge is 0.466 e. The van der Waals surface area contributed by atoms with E-state index in [4.69, 9.17) is 4.74 Å². The zero-order valence-corrected chi connectivity index (χ0v) is 23.1. The standard InChI is InChI=1S/C33H41BrO2/c34-26-18-7-5-3-1-2-4-6-8-19-27-36-32(35)28-33(29-20-12-9-13-21-29,30-22-14-10-15-23-30)31-24-16-11-17-25-31/h9-17,20-25H,1-8,18-19,26-28H2. The van der Waals surface area contributed by atoms with E-state index in [2.05, 4.69) is 52.3 Å². The highest BCUT2D eigenvalue weighted by Crippen LogP contribution is 2.42. The minimum absolute atomic E-state index is 0.143. The van der Waals surface area contributed by atoms with Gasteiger partial charge in [-0.1, -0.05) is 158 Å². The van der Waals surface area contributed by atoms with Crippen molar-refractivity contribution in [2.24, 2.45) is 0 Å². The minimum Gasteiger partial charge on any atom is -0.466 e. The van der Waals surface area contributed by atoms with E-state index in [-0.39, 0.29) is 12.4 Å². The van der Waals surface area contributed by atoms with Crippen molar-refractivity contribution < 1.29 is 9.53 Å². The molecular weight excluding hydrogens is 508 g/mol. The summed E-state index contributed by atoms with van der Waals surface area (Å²) in [4.78, 5) is 13.2. The van der Waals surface area contributed by atoms with E-state index in [9.17, 15) is 4.79 Å². The summed E-state index contributed by atoms with van der Waals surface area (Å²) in [5, 5.41) is 1.13. The predicted molar refractivity (Wildman–Crippen MR) is 155 cm³/mol. The number of ether oxygens (including phenoxy) is 1. The van der Waals surface area contributed by atoms with Crippen LogP contribution in [0.15, 0.2) is 91.0 Å². The predicted octanol–water partition coefficient (Wildman–Crippen LogP) is 9.25. The second-order valence-corrected chi connectivity index (χ2v) is 10.4. The van der Waals surface area contributed by atoms with Crippen molar-refractivity contribution in [1.29, 1.82) is 0 Å². The number of unbranched alkanes of at least 4 members (excludes halogenated alkanes) is 9. The van der Waals surface area contributed by atoms with Gasteiger partial charge < -0.3 is 4.74 Å². The van der Waals surface area contributed by atoms with Crippen molar-refractivity contribution in [2.45, 2.75) is 76.0 Å². The third-order valence-electron chi connectivity index (χ3n) is 7.00. The monoisotopic (exact) mass is 548 g/mol. The van der Waals surface area contributed by atoms with Crippen LogP contribution in [0, 0.1) is 0 Å². The number of alkyl halides is 1. The molecule has 0 aliphatic rings. The first kappa shape index (κ1) is 28.2. The van der Waals surface area contributed by atoms with E-state index in [1.165, 1.54) is 51.4 Å². The lowest BCUT2D eigenvalue weighted by molar-refractivity contribution is -0.144.